The number of hydrogen-bond donors (Lipinski definition) is 1. The second-order valence-electron chi connectivity index (χ2n) is 4.80. The normalized spacial score (nSPS) is 18.1. The summed E-state index contributed by atoms with van der Waals surface area (Å²) >= 11 is 0. The zero-order valence-electron chi connectivity index (χ0n) is 10.8. The molecule has 19 heavy (non-hydrogen) atoms. The number of amides is 1. The molecule has 1 aliphatic heterocycles. The molecule has 0 fully saturated rings. The van der Waals surface area contributed by atoms with Crippen molar-refractivity contribution < 1.29 is 9.18 Å². The lowest BCUT2D eigenvalue weighted by Crippen LogP contribution is -2.25. The van der Waals surface area contributed by atoms with Crippen LogP contribution in [0.15, 0.2) is 24.3 Å². The summed E-state index contributed by atoms with van der Waals surface area (Å²) in [6.07, 6.45) is 0.250. The van der Waals surface area contributed by atoms with E-state index in [9.17, 15) is 9.18 Å². The van der Waals surface area contributed by atoms with Crippen LogP contribution in [0.2, 0.25) is 0 Å². The molecule has 2 aromatic rings. The van der Waals surface area contributed by atoms with Gasteiger partial charge >= 0.3 is 0 Å². The van der Waals surface area contributed by atoms with Gasteiger partial charge in [0.05, 0.1) is 5.69 Å². The molecule has 0 aliphatic carbocycles. The van der Waals surface area contributed by atoms with Crippen LogP contribution in [-0.4, -0.2) is 15.7 Å². The van der Waals surface area contributed by atoms with Crippen LogP contribution in [0.4, 0.5) is 10.2 Å². The van der Waals surface area contributed by atoms with E-state index in [1.54, 1.807) is 29.9 Å². The third kappa shape index (κ3) is 1.82. The molecule has 0 unspecified atom stereocenters. The monoisotopic (exact) mass is 259 g/mol. The minimum atomic E-state index is -0.281. The third-order valence-electron chi connectivity index (χ3n) is 3.54. The highest BCUT2D eigenvalue weighted by Gasteiger charge is 2.32. The second-order valence-corrected chi connectivity index (χ2v) is 4.80. The Morgan fingerprint density at radius 2 is 2.16 bits per heavy atom. The Bertz CT molecular complexity index is 663. The van der Waals surface area contributed by atoms with Gasteiger partial charge in [-0.3, -0.25) is 9.48 Å². The molecule has 1 N–H and O–H groups in total. The van der Waals surface area contributed by atoms with Crippen molar-refractivity contribution in [2.24, 2.45) is 7.05 Å². The number of benzene rings is 1. The summed E-state index contributed by atoms with van der Waals surface area (Å²) in [5, 5.41) is 7.12. The smallest absolute Gasteiger partial charge is 0.226 e. The molecule has 1 aromatic carbocycles. The Morgan fingerprint density at radius 1 is 1.42 bits per heavy atom. The lowest BCUT2D eigenvalue weighted by molar-refractivity contribution is -0.116. The van der Waals surface area contributed by atoms with E-state index in [-0.39, 0.29) is 24.1 Å². The largest absolute Gasteiger partial charge is 0.311 e. The number of carbonyl (C=O) groups is 1. The number of fused-ring (bicyclic) bond motifs is 1. The number of aryl methyl sites for hydroxylation is 2. The van der Waals surface area contributed by atoms with Gasteiger partial charge in [0.2, 0.25) is 5.91 Å². The van der Waals surface area contributed by atoms with E-state index < -0.39 is 0 Å². The third-order valence-corrected chi connectivity index (χ3v) is 3.54. The first-order chi connectivity index (χ1) is 9.08. The fourth-order valence-corrected chi connectivity index (χ4v) is 2.73. The summed E-state index contributed by atoms with van der Waals surface area (Å²) in [4.78, 5) is 11.8. The van der Waals surface area contributed by atoms with Gasteiger partial charge < -0.3 is 5.32 Å². The summed E-state index contributed by atoms with van der Waals surface area (Å²) in [7, 11) is 1.77. The molecule has 0 spiro atoms. The van der Waals surface area contributed by atoms with Crippen LogP contribution in [-0.2, 0) is 11.8 Å². The van der Waals surface area contributed by atoms with E-state index in [4.69, 9.17) is 0 Å². The molecule has 98 valence electrons. The Balaban J connectivity index is 2.19. The number of halogens is 1. The van der Waals surface area contributed by atoms with Crippen LogP contribution in [0.5, 0.6) is 0 Å². The van der Waals surface area contributed by atoms with Gasteiger partial charge in [-0.1, -0.05) is 18.2 Å². The van der Waals surface area contributed by atoms with E-state index in [1.807, 2.05) is 6.92 Å². The first-order valence-corrected chi connectivity index (χ1v) is 6.15. The van der Waals surface area contributed by atoms with E-state index in [1.165, 1.54) is 6.07 Å². The van der Waals surface area contributed by atoms with Crippen molar-refractivity contribution in [3.63, 3.8) is 0 Å². The van der Waals surface area contributed by atoms with Gasteiger partial charge in [0.1, 0.15) is 11.6 Å². The number of anilines is 1. The van der Waals surface area contributed by atoms with Crippen molar-refractivity contribution in [1.29, 1.82) is 0 Å². The Kier molecular flexibility index (Phi) is 2.62. The van der Waals surface area contributed by atoms with Crippen molar-refractivity contribution in [2.75, 3.05) is 5.32 Å². The quantitative estimate of drug-likeness (QED) is 0.854. The zero-order chi connectivity index (χ0) is 13.6. The van der Waals surface area contributed by atoms with Crippen molar-refractivity contribution >= 4 is 11.7 Å². The van der Waals surface area contributed by atoms with Gasteiger partial charge in [-0.2, -0.15) is 5.10 Å². The minimum absolute atomic E-state index is 0.108. The Morgan fingerprint density at radius 3 is 2.89 bits per heavy atom. The molecule has 0 saturated carbocycles. The highest BCUT2D eigenvalue weighted by molar-refractivity contribution is 5.94. The molecule has 4 nitrogen and oxygen atoms in total. The number of carbonyl (C=O) groups excluding carboxylic acids is 1. The van der Waals surface area contributed by atoms with Crippen molar-refractivity contribution in [3.05, 3.63) is 46.9 Å². The van der Waals surface area contributed by atoms with Gasteiger partial charge in [-0.05, 0) is 18.6 Å². The number of rotatable bonds is 1. The first-order valence-electron chi connectivity index (χ1n) is 6.15. The van der Waals surface area contributed by atoms with E-state index in [2.05, 4.69) is 10.4 Å². The standard InChI is InChI=1S/C14H14FN3O/c1-8-13-10(9-5-3-4-6-11(9)15)7-12(19)16-14(13)18(2)17-8/h3-6,10H,7H2,1-2H3,(H,16,19)/t10-/m1/s1. The predicted molar refractivity (Wildman–Crippen MR) is 69.4 cm³/mol. The lowest BCUT2D eigenvalue weighted by Gasteiger charge is -2.24. The van der Waals surface area contributed by atoms with Crippen molar-refractivity contribution in [2.45, 2.75) is 19.3 Å². The van der Waals surface area contributed by atoms with Crippen LogP contribution >= 0.6 is 0 Å². The van der Waals surface area contributed by atoms with E-state index >= 15 is 0 Å². The topological polar surface area (TPSA) is 46.9 Å². The molecule has 0 radical (unpaired) electrons. The molecular weight excluding hydrogens is 245 g/mol. The van der Waals surface area contributed by atoms with Crippen molar-refractivity contribution in [3.8, 4) is 0 Å². The molecule has 0 bridgehead atoms. The van der Waals surface area contributed by atoms with Gasteiger partial charge in [-0.25, -0.2) is 4.39 Å². The maximum absolute atomic E-state index is 14.0. The van der Waals surface area contributed by atoms with Crippen LogP contribution in [0, 0.1) is 12.7 Å². The molecule has 1 amide bonds. The second kappa shape index (κ2) is 4.19. The number of nitrogens with zero attached hydrogens (tertiary/aromatic N) is 2. The summed E-state index contributed by atoms with van der Waals surface area (Å²) in [6.45, 7) is 1.88. The molecule has 0 saturated heterocycles. The highest BCUT2D eigenvalue weighted by Crippen LogP contribution is 2.39. The van der Waals surface area contributed by atoms with Crippen molar-refractivity contribution in [1.82, 2.24) is 9.78 Å². The number of aromatic nitrogens is 2. The molecule has 3 rings (SSSR count). The summed E-state index contributed by atoms with van der Waals surface area (Å²) < 4.78 is 15.6. The lowest BCUT2D eigenvalue weighted by atomic mass is 9.85. The molecule has 1 aliphatic rings. The maximum atomic E-state index is 14.0. The summed E-state index contributed by atoms with van der Waals surface area (Å²) in [5.41, 5.74) is 2.28. The average Bonchev–Trinajstić information content (AvgIpc) is 2.65. The Labute approximate surface area is 110 Å². The van der Waals surface area contributed by atoms with Gasteiger partial charge in [0.15, 0.2) is 0 Å². The Hall–Kier alpha value is -2.17. The summed E-state index contributed by atoms with van der Waals surface area (Å²) in [6, 6.07) is 6.59. The molecule has 2 heterocycles. The van der Waals surface area contributed by atoms with Crippen LogP contribution in [0.25, 0.3) is 0 Å². The summed E-state index contributed by atoms with van der Waals surface area (Å²) in [5.74, 6) is 0.0146. The van der Waals surface area contributed by atoms with Gasteiger partial charge in [-0.15, -0.1) is 0 Å². The molecule has 1 aromatic heterocycles. The maximum Gasteiger partial charge on any atom is 0.226 e. The van der Waals surface area contributed by atoms with Gasteiger partial charge in [0.25, 0.3) is 0 Å². The van der Waals surface area contributed by atoms with Crippen LogP contribution in [0.1, 0.15) is 29.2 Å². The highest BCUT2D eigenvalue weighted by atomic mass is 19.1. The average molecular weight is 259 g/mol. The molecule has 5 heteroatoms. The predicted octanol–water partition coefficient (Wildman–Crippen LogP) is 2.34. The molecule has 1 atom stereocenters. The minimum Gasteiger partial charge on any atom is -0.311 e. The number of hydrogen-bond acceptors (Lipinski definition) is 2. The fourth-order valence-electron chi connectivity index (χ4n) is 2.73. The first kappa shape index (κ1) is 11.9. The SMILES string of the molecule is Cc1nn(C)c2c1[C@@H](c1ccccc1F)CC(=O)N2. The van der Waals surface area contributed by atoms with Crippen LogP contribution in [0.3, 0.4) is 0 Å². The van der Waals surface area contributed by atoms with Crippen LogP contribution < -0.4 is 5.32 Å². The number of nitrogens with one attached hydrogen (secondary N) is 1. The zero-order valence-corrected chi connectivity index (χ0v) is 10.8. The molecular formula is C14H14FN3O. The fraction of sp³-hybridized carbons (Fsp3) is 0.286. The van der Waals surface area contributed by atoms with E-state index in [0.29, 0.717) is 11.4 Å². The van der Waals surface area contributed by atoms with E-state index in [0.717, 1.165) is 11.3 Å². The van der Waals surface area contributed by atoms with Gasteiger partial charge in [0, 0.05) is 24.9 Å².